The fourth-order valence-electron chi connectivity index (χ4n) is 1.93. The van der Waals surface area contributed by atoms with Crippen molar-refractivity contribution < 1.29 is 4.79 Å². The van der Waals surface area contributed by atoms with E-state index in [1.54, 1.807) is 30.6 Å². The lowest BCUT2D eigenvalue weighted by Crippen LogP contribution is -2.13. The van der Waals surface area contributed by atoms with Crippen LogP contribution < -0.4 is 5.32 Å². The molecule has 0 aliphatic rings. The van der Waals surface area contributed by atoms with Crippen LogP contribution in [0.1, 0.15) is 10.4 Å². The summed E-state index contributed by atoms with van der Waals surface area (Å²) in [6, 6.07) is 10.7. The van der Waals surface area contributed by atoms with Crippen LogP contribution in [0.5, 0.6) is 0 Å². The van der Waals surface area contributed by atoms with Gasteiger partial charge in [-0.1, -0.05) is 23.7 Å². The molecule has 2 N–H and O–H groups in total. The first-order chi connectivity index (χ1) is 9.24. The normalized spacial score (nSPS) is 10.6. The first kappa shape index (κ1) is 11.7. The number of aromatic amines is 1. The highest BCUT2D eigenvalue weighted by Crippen LogP contribution is 2.19. The van der Waals surface area contributed by atoms with Crippen LogP contribution in [0.2, 0.25) is 5.02 Å². The van der Waals surface area contributed by atoms with E-state index in [0.717, 1.165) is 10.9 Å². The molecule has 0 bridgehead atoms. The molecule has 4 nitrogen and oxygen atoms in total. The molecular formula is C14H10ClN3O. The zero-order valence-corrected chi connectivity index (χ0v) is 10.6. The molecule has 0 unspecified atom stereocenters. The quantitative estimate of drug-likeness (QED) is 0.750. The number of amides is 1. The number of nitrogens with zero attached hydrogens (tertiary/aromatic N) is 1. The number of carbonyl (C=O) groups is 1. The van der Waals surface area contributed by atoms with Crippen molar-refractivity contribution in [2.75, 3.05) is 5.32 Å². The number of aromatic nitrogens is 2. The Hall–Kier alpha value is -2.33. The second-order valence-electron chi connectivity index (χ2n) is 4.06. The Kier molecular flexibility index (Phi) is 2.93. The van der Waals surface area contributed by atoms with E-state index in [9.17, 15) is 4.79 Å². The van der Waals surface area contributed by atoms with E-state index in [2.05, 4.69) is 15.3 Å². The van der Waals surface area contributed by atoms with Crippen LogP contribution in [-0.4, -0.2) is 15.9 Å². The van der Waals surface area contributed by atoms with E-state index in [1.165, 1.54) is 0 Å². The van der Waals surface area contributed by atoms with Gasteiger partial charge in [-0.2, -0.15) is 0 Å². The van der Waals surface area contributed by atoms with E-state index in [0.29, 0.717) is 16.4 Å². The Morgan fingerprint density at radius 3 is 3.00 bits per heavy atom. The Morgan fingerprint density at radius 1 is 1.26 bits per heavy atom. The third kappa shape index (κ3) is 2.30. The minimum Gasteiger partial charge on any atom is -0.361 e. The van der Waals surface area contributed by atoms with Crippen molar-refractivity contribution in [1.82, 2.24) is 9.97 Å². The van der Waals surface area contributed by atoms with Gasteiger partial charge in [-0.3, -0.25) is 4.79 Å². The number of nitrogens with one attached hydrogen (secondary N) is 2. The molecule has 0 saturated carbocycles. The summed E-state index contributed by atoms with van der Waals surface area (Å²) in [4.78, 5) is 19.3. The van der Waals surface area contributed by atoms with Crippen molar-refractivity contribution in [2.45, 2.75) is 0 Å². The summed E-state index contributed by atoms with van der Waals surface area (Å²) in [6.07, 6.45) is 3.35. The van der Waals surface area contributed by atoms with E-state index < -0.39 is 0 Å². The van der Waals surface area contributed by atoms with E-state index >= 15 is 0 Å². The van der Waals surface area contributed by atoms with Gasteiger partial charge in [0.1, 0.15) is 5.82 Å². The monoisotopic (exact) mass is 271 g/mol. The third-order valence-corrected chi connectivity index (χ3v) is 3.03. The molecule has 3 rings (SSSR count). The molecule has 0 saturated heterocycles. The molecule has 2 aromatic heterocycles. The van der Waals surface area contributed by atoms with Gasteiger partial charge in [0.05, 0.1) is 11.1 Å². The van der Waals surface area contributed by atoms with Gasteiger partial charge in [-0.25, -0.2) is 4.98 Å². The molecule has 0 spiro atoms. The van der Waals surface area contributed by atoms with Crippen molar-refractivity contribution in [2.24, 2.45) is 0 Å². The average molecular weight is 272 g/mol. The third-order valence-electron chi connectivity index (χ3n) is 2.80. The van der Waals surface area contributed by atoms with Crippen LogP contribution in [0.4, 0.5) is 5.82 Å². The minimum absolute atomic E-state index is 0.220. The molecule has 0 radical (unpaired) electrons. The molecule has 0 fully saturated rings. The lowest BCUT2D eigenvalue weighted by atomic mass is 10.1. The van der Waals surface area contributed by atoms with Crippen molar-refractivity contribution >= 4 is 34.2 Å². The number of hydrogen-bond donors (Lipinski definition) is 2. The van der Waals surface area contributed by atoms with Gasteiger partial charge < -0.3 is 10.3 Å². The van der Waals surface area contributed by atoms with E-state index in [-0.39, 0.29) is 5.91 Å². The molecule has 0 atom stereocenters. The summed E-state index contributed by atoms with van der Waals surface area (Å²) < 4.78 is 0. The molecule has 2 heterocycles. The van der Waals surface area contributed by atoms with Gasteiger partial charge in [0.15, 0.2) is 0 Å². The Morgan fingerprint density at radius 2 is 2.16 bits per heavy atom. The average Bonchev–Trinajstić information content (AvgIpc) is 2.86. The molecule has 0 aliphatic heterocycles. The van der Waals surface area contributed by atoms with Gasteiger partial charge in [-0.05, 0) is 24.3 Å². The maximum absolute atomic E-state index is 12.2. The predicted octanol–water partition coefficient (Wildman–Crippen LogP) is 3.47. The van der Waals surface area contributed by atoms with Crippen LogP contribution in [-0.2, 0) is 0 Å². The number of fused-ring (bicyclic) bond motifs is 1. The molecule has 1 aromatic carbocycles. The lowest BCUT2D eigenvalue weighted by molar-refractivity contribution is 0.102. The summed E-state index contributed by atoms with van der Waals surface area (Å²) in [6.45, 7) is 0. The molecule has 19 heavy (non-hydrogen) atoms. The Bertz CT molecular complexity index is 751. The maximum Gasteiger partial charge on any atom is 0.258 e. The molecular weight excluding hydrogens is 262 g/mol. The fraction of sp³-hybridized carbons (Fsp3) is 0. The van der Waals surface area contributed by atoms with Crippen molar-refractivity contribution in [1.29, 1.82) is 0 Å². The molecule has 1 amide bonds. The van der Waals surface area contributed by atoms with Gasteiger partial charge in [0.2, 0.25) is 0 Å². The number of anilines is 1. The number of rotatable bonds is 2. The number of para-hydroxylation sites is 1. The summed E-state index contributed by atoms with van der Waals surface area (Å²) in [5.41, 5.74) is 1.38. The maximum atomic E-state index is 12.2. The zero-order valence-electron chi connectivity index (χ0n) is 9.85. The SMILES string of the molecule is O=C(Nc1cc(Cl)ccn1)c1cccc2cc[nH]c12. The summed E-state index contributed by atoms with van der Waals surface area (Å²) in [7, 11) is 0. The summed E-state index contributed by atoms with van der Waals surface area (Å²) in [5.74, 6) is 0.212. The zero-order chi connectivity index (χ0) is 13.2. The second kappa shape index (κ2) is 4.74. The van der Waals surface area contributed by atoms with Crippen LogP contribution in [0.15, 0.2) is 48.8 Å². The Balaban J connectivity index is 1.94. The van der Waals surface area contributed by atoms with E-state index in [4.69, 9.17) is 11.6 Å². The van der Waals surface area contributed by atoms with Crippen LogP contribution in [0.25, 0.3) is 10.9 Å². The van der Waals surface area contributed by atoms with Gasteiger partial charge in [0, 0.05) is 22.8 Å². The number of hydrogen-bond acceptors (Lipinski definition) is 2. The number of benzene rings is 1. The first-order valence-corrected chi connectivity index (χ1v) is 6.11. The topological polar surface area (TPSA) is 57.8 Å². The van der Waals surface area contributed by atoms with Crippen molar-refractivity contribution in [3.8, 4) is 0 Å². The van der Waals surface area contributed by atoms with Gasteiger partial charge in [0.25, 0.3) is 5.91 Å². The highest BCUT2D eigenvalue weighted by molar-refractivity contribution is 6.30. The van der Waals surface area contributed by atoms with Crippen LogP contribution in [0, 0.1) is 0 Å². The summed E-state index contributed by atoms with van der Waals surface area (Å²) >= 11 is 5.85. The summed E-state index contributed by atoms with van der Waals surface area (Å²) in [5, 5.41) is 4.25. The lowest BCUT2D eigenvalue weighted by Gasteiger charge is -2.05. The largest absolute Gasteiger partial charge is 0.361 e. The molecule has 3 aromatic rings. The van der Waals surface area contributed by atoms with Crippen LogP contribution in [0.3, 0.4) is 0 Å². The second-order valence-corrected chi connectivity index (χ2v) is 4.50. The molecule has 94 valence electrons. The standard InChI is InChI=1S/C14H10ClN3O/c15-10-5-7-16-12(8-10)18-14(19)11-3-1-2-9-4-6-17-13(9)11/h1-8,17H,(H,16,18,19). The van der Waals surface area contributed by atoms with Gasteiger partial charge in [-0.15, -0.1) is 0 Å². The van der Waals surface area contributed by atoms with E-state index in [1.807, 2.05) is 18.2 Å². The predicted molar refractivity (Wildman–Crippen MR) is 75.5 cm³/mol. The minimum atomic E-state index is -0.220. The van der Waals surface area contributed by atoms with Crippen molar-refractivity contribution in [3.05, 3.63) is 59.4 Å². The highest BCUT2D eigenvalue weighted by atomic mass is 35.5. The smallest absolute Gasteiger partial charge is 0.258 e. The van der Waals surface area contributed by atoms with Gasteiger partial charge >= 0.3 is 0 Å². The van der Waals surface area contributed by atoms with Crippen molar-refractivity contribution in [3.63, 3.8) is 0 Å². The number of pyridine rings is 1. The number of halogens is 1. The Labute approximate surface area is 114 Å². The molecule has 0 aliphatic carbocycles. The first-order valence-electron chi connectivity index (χ1n) is 5.73. The van der Waals surface area contributed by atoms with Crippen LogP contribution >= 0.6 is 11.6 Å². The number of H-pyrrole nitrogens is 1. The molecule has 5 heteroatoms. The fourth-order valence-corrected chi connectivity index (χ4v) is 2.09. The number of carbonyl (C=O) groups excluding carboxylic acids is 1. The highest BCUT2D eigenvalue weighted by Gasteiger charge is 2.11.